The third-order valence-corrected chi connectivity index (χ3v) is 5.65. The van der Waals surface area contributed by atoms with Crippen molar-refractivity contribution >= 4 is 45.0 Å². The van der Waals surface area contributed by atoms with Crippen LogP contribution in [0.25, 0.3) is 0 Å². The quantitative estimate of drug-likeness (QED) is 0.659. The van der Waals surface area contributed by atoms with Gasteiger partial charge in [-0.25, -0.2) is 0 Å². The minimum absolute atomic E-state index is 0.0254. The molecule has 28 heavy (non-hydrogen) atoms. The molecule has 0 aromatic heterocycles. The first kappa shape index (κ1) is 20.9. The van der Waals surface area contributed by atoms with Crippen LogP contribution in [-0.4, -0.2) is 28.7 Å². The number of anilines is 1. The van der Waals surface area contributed by atoms with E-state index in [1.54, 1.807) is 11.0 Å². The maximum absolute atomic E-state index is 13.2. The van der Waals surface area contributed by atoms with E-state index >= 15 is 0 Å². The highest BCUT2D eigenvalue weighted by atomic mass is 79.9. The van der Waals surface area contributed by atoms with Crippen LogP contribution in [0.3, 0.4) is 0 Å². The van der Waals surface area contributed by atoms with Gasteiger partial charge in [0.15, 0.2) is 0 Å². The van der Waals surface area contributed by atoms with Crippen molar-refractivity contribution in [1.29, 1.82) is 0 Å². The molecular formula is C22H24BrClN2O2. The number of carbonyl (C=O) groups excluding carboxylic acids is 2. The van der Waals surface area contributed by atoms with E-state index in [1.807, 2.05) is 51.1 Å². The minimum atomic E-state index is -0.397. The Hall–Kier alpha value is -1.85. The fraction of sp³-hybridized carbons (Fsp3) is 0.364. The summed E-state index contributed by atoms with van der Waals surface area (Å²) in [6.07, 6.45) is 0.606. The molecule has 0 saturated heterocycles. The van der Waals surface area contributed by atoms with Gasteiger partial charge in [0.2, 0.25) is 11.8 Å². The Bertz CT molecular complexity index is 880. The molecule has 1 N–H and O–H groups in total. The monoisotopic (exact) mass is 462 g/mol. The standard InChI is InChI=1S/C22H24BrClN2O2/c1-22(2,3)25-20(27)13-26-19-11-15(24)9-10-16(19)17(12-18(23)21(26)28)14-7-5-4-6-8-14/h4-11,17-18H,12-13H2,1-3H3,(H,25,27)/t17-,18+/m1/s1. The number of nitrogens with one attached hydrogen (secondary N) is 1. The molecule has 0 unspecified atom stereocenters. The summed E-state index contributed by atoms with van der Waals surface area (Å²) in [5.41, 5.74) is 2.44. The number of carbonyl (C=O) groups is 2. The molecule has 148 valence electrons. The molecule has 1 aliphatic heterocycles. The molecule has 0 spiro atoms. The molecule has 0 aliphatic carbocycles. The zero-order valence-corrected chi connectivity index (χ0v) is 18.5. The van der Waals surface area contributed by atoms with Crippen LogP contribution in [0.1, 0.15) is 44.2 Å². The van der Waals surface area contributed by atoms with Gasteiger partial charge in [-0.1, -0.05) is 63.9 Å². The second-order valence-corrected chi connectivity index (χ2v) is 9.63. The molecule has 2 aromatic carbocycles. The highest BCUT2D eigenvalue weighted by Crippen LogP contribution is 2.41. The Kier molecular flexibility index (Phi) is 6.15. The van der Waals surface area contributed by atoms with E-state index in [1.165, 1.54) is 0 Å². The number of amides is 2. The lowest BCUT2D eigenvalue weighted by Crippen LogP contribution is -2.48. The van der Waals surface area contributed by atoms with Crippen LogP contribution >= 0.6 is 27.5 Å². The number of hydrogen-bond acceptors (Lipinski definition) is 2. The zero-order chi connectivity index (χ0) is 20.5. The molecule has 0 bridgehead atoms. The van der Waals surface area contributed by atoms with Crippen molar-refractivity contribution in [3.05, 3.63) is 64.7 Å². The third kappa shape index (κ3) is 4.76. The summed E-state index contributed by atoms with van der Waals surface area (Å²) >= 11 is 9.82. The summed E-state index contributed by atoms with van der Waals surface area (Å²) in [6, 6.07) is 15.7. The van der Waals surface area contributed by atoms with E-state index < -0.39 is 4.83 Å². The SMILES string of the molecule is CC(C)(C)NC(=O)CN1C(=O)[C@@H](Br)C[C@H](c2ccccc2)c2ccc(Cl)cc21. The largest absolute Gasteiger partial charge is 0.350 e. The molecule has 2 atom stereocenters. The summed E-state index contributed by atoms with van der Waals surface area (Å²) in [5.74, 6) is -0.312. The summed E-state index contributed by atoms with van der Waals surface area (Å²) in [4.78, 5) is 26.9. The van der Waals surface area contributed by atoms with Gasteiger partial charge >= 0.3 is 0 Å². The molecule has 3 rings (SSSR count). The smallest absolute Gasteiger partial charge is 0.241 e. The predicted molar refractivity (Wildman–Crippen MR) is 117 cm³/mol. The van der Waals surface area contributed by atoms with Crippen molar-refractivity contribution < 1.29 is 9.59 Å². The van der Waals surface area contributed by atoms with E-state index in [4.69, 9.17) is 11.6 Å². The van der Waals surface area contributed by atoms with Gasteiger partial charge < -0.3 is 10.2 Å². The summed E-state index contributed by atoms with van der Waals surface area (Å²) in [7, 11) is 0. The van der Waals surface area contributed by atoms with Crippen LogP contribution in [-0.2, 0) is 9.59 Å². The van der Waals surface area contributed by atoms with E-state index in [0.29, 0.717) is 17.1 Å². The molecule has 2 amide bonds. The number of alkyl halides is 1. The number of rotatable bonds is 3. The van der Waals surface area contributed by atoms with Gasteiger partial charge in [-0.05, 0) is 50.5 Å². The summed E-state index contributed by atoms with van der Waals surface area (Å²) < 4.78 is 0. The second kappa shape index (κ2) is 8.26. The molecule has 0 radical (unpaired) electrons. The first-order valence-electron chi connectivity index (χ1n) is 9.26. The van der Waals surface area contributed by atoms with Crippen LogP contribution < -0.4 is 10.2 Å². The van der Waals surface area contributed by atoms with Gasteiger partial charge in [-0.15, -0.1) is 0 Å². The minimum Gasteiger partial charge on any atom is -0.350 e. The van der Waals surface area contributed by atoms with Gasteiger partial charge in [-0.3, -0.25) is 9.59 Å². The second-order valence-electron chi connectivity index (χ2n) is 8.09. The van der Waals surface area contributed by atoms with Crippen molar-refractivity contribution in [3.8, 4) is 0 Å². The van der Waals surface area contributed by atoms with Crippen LogP contribution in [0.2, 0.25) is 5.02 Å². The van der Waals surface area contributed by atoms with Gasteiger partial charge in [0.05, 0.1) is 4.83 Å². The Morgan fingerprint density at radius 1 is 1.21 bits per heavy atom. The Balaban J connectivity index is 2.05. The number of nitrogens with zero attached hydrogens (tertiary/aromatic N) is 1. The molecule has 6 heteroatoms. The Morgan fingerprint density at radius 2 is 1.89 bits per heavy atom. The van der Waals surface area contributed by atoms with E-state index in [-0.39, 0.29) is 29.8 Å². The van der Waals surface area contributed by atoms with Crippen LogP contribution in [0.15, 0.2) is 48.5 Å². The zero-order valence-electron chi connectivity index (χ0n) is 16.2. The predicted octanol–water partition coefficient (Wildman–Crippen LogP) is 4.89. The van der Waals surface area contributed by atoms with Gasteiger partial charge in [0.1, 0.15) is 6.54 Å². The van der Waals surface area contributed by atoms with Crippen LogP contribution in [0.5, 0.6) is 0 Å². The van der Waals surface area contributed by atoms with E-state index in [2.05, 4.69) is 33.4 Å². The number of halogens is 2. The average Bonchev–Trinajstić information content (AvgIpc) is 2.71. The van der Waals surface area contributed by atoms with Crippen molar-refractivity contribution in [2.24, 2.45) is 0 Å². The first-order chi connectivity index (χ1) is 13.2. The Labute approximate surface area is 179 Å². The number of benzene rings is 2. The number of hydrogen-bond donors (Lipinski definition) is 1. The molecular weight excluding hydrogens is 440 g/mol. The fourth-order valence-corrected chi connectivity index (χ4v) is 4.32. The topological polar surface area (TPSA) is 49.4 Å². The maximum atomic E-state index is 13.2. The third-order valence-electron chi connectivity index (χ3n) is 4.65. The molecule has 1 heterocycles. The highest BCUT2D eigenvalue weighted by Gasteiger charge is 2.35. The lowest BCUT2D eigenvalue weighted by Gasteiger charge is -2.27. The van der Waals surface area contributed by atoms with Crippen molar-refractivity contribution in [2.75, 3.05) is 11.4 Å². The molecule has 2 aromatic rings. The van der Waals surface area contributed by atoms with E-state index in [0.717, 1.165) is 11.1 Å². The highest BCUT2D eigenvalue weighted by molar-refractivity contribution is 9.10. The van der Waals surface area contributed by atoms with Crippen molar-refractivity contribution in [1.82, 2.24) is 5.32 Å². The molecule has 0 saturated carbocycles. The van der Waals surface area contributed by atoms with Crippen LogP contribution in [0.4, 0.5) is 5.69 Å². The van der Waals surface area contributed by atoms with Crippen molar-refractivity contribution in [3.63, 3.8) is 0 Å². The Morgan fingerprint density at radius 3 is 2.54 bits per heavy atom. The van der Waals surface area contributed by atoms with E-state index in [9.17, 15) is 9.59 Å². The average molecular weight is 464 g/mol. The van der Waals surface area contributed by atoms with Gasteiger partial charge in [0.25, 0.3) is 0 Å². The maximum Gasteiger partial charge on any atom is 0.241 e. The number of fused-ring (bicyclic) bond motifs is 1. The normalized spacial score (nSPS) is 19.8. The molecule has 4 nitrogen and oxygen atoms in total. The summed E-state index contributed by atoms with van der Waals surface area (Å²) in [5, 5.41) is 3.46. The summed E-state index contributed by atoms with van der Waals surface area (Å²) in [6.45, 7) is 5.70. The molecule has 0 fully saturated rings. The van der Waals surface area contributed by atoms with Crippen molar-refractivity contribution in [2.45, 2.75) is 43.5 Å². The lowest BCUT2D eigenvalue weighted by atomic mass is 9.87. The van der Waals surface area contributed by atoms with Crippen LogP contribution in [0, 0.1) is 0 Å². The van der Waals surface area contributed by atoms with Gasteiger partial charge in [-0.2, -0.15) is 0 Å². The lowest BCUT2D eigenvalue weighted by molar-refractivity contribution is -0.124. The first-order valence-corrected chi connectivity index (χ1v) is 10.6. The molecule has 1 aliphatic rings. The fourth-order valence-electron chi connectivity index (χ4n) is 3.53. The van der Waals surface area contributed by atoms with Gasteiger partial charge in [0, 0.05) is 22.2 Å².